The molecule has 0 radical (unpaired) electrons. The summed E-state index contributed by atoms with van der Waals surface area (Å²) in [6.45, 7) is 12.9. The molecule has 5 heteroatoms. The van der Waals surface area contributed by atoms with Crippen molar-refractivity contribution < 1.29 is 13.3 Å². The van der Waals surface area contributed by atoms with Crippen LogP contribution < -0.4 is 0 Å². The Morgan fingerprint density at radius 2 is 1.47 bits per heavy atom. The van der Waals surface area contributed by atoms with Crippen LogP contribution in [0.2, 0.25) is 0 Å². The van der Waals surface area contributed by atoms with Gasteiger partial charge in [-0.1, -0.05) is 12.7 Å². The zero-order chi connectivity index (χ0) is 13.3. The Morgan fingerprint density at radius 3 is 1.76 bits per heavy atom. The molecule has 0 heterocycles. The van der Waals surface area contributed by atoms with Crippen LogP contribution in [0.5, 0.6) is 0 Å². The fourth-order valence-corrected chi connectivity index (χ4v) is 3.53. The van der Waals surface area contributed by atoms with E-state index < -0.39 is 8.80 Å². The van der Waals surface area contributed by atoms with E-state index in [1.165, 1.54) is 0 Å². The first-order chi connectivity index (χ1) is 8.02. The van der Waals surface area contributed by atoms with Gasteiger partial charge in [-0.15, -0.1) is 0 Å². The number of allylic oxidation sites excluding steroid dienone is 3. The number of rotatable bonds is 9. The minimum atomic E-state index is -2.84. The quantitative estimate of drug-likeness (QED) is 0.392. The lowest BCUT2D eigenvalue weighted by atomic mass is 10.4. The molecule has 0 rings (SSSR count). The monoisotopic (exact) mass is 257 g/mol. The third-order valence-electron chi connectivity index (χ3n) is 1.93. The molecule has 17 heavy (non-hydrogen) atoms. The Balaban J connectivity index is 4.96. The Hall–Kier alpha value is -0.753. The molecule has 1 N–H and O–H groups in total. The molecule has 0 aromatic rings. The standard InChI is InChI=1S/C12H23NO3Si/c1-6-14-17(15-7-2,16-8-3)12(5)10-9-11(4)13/h9-10,13H,5-8H2,1-4H3. The molecule has 0 saturated carbocycles. The van der Waals surface area contributed by atoms with Crippen LogP contribution in [-0.4, -0.2) is 34.3 Å². The maximum absolute atomic E-state index is 7.36. The molecule has 98 valence electrons. The molecule has 0 bridgehead atoms. The van der Waals surface area contributed by atoms with Gasteiger partial charge in [0.15, 0.2) is 0 Å². The van der Waals surface area contributed by atoms with E-state index in [0.717, 1.165) is 0 Å². The minimum Gasteiger partial charge on any atom is -0.370 e. The zero-order valence-electron chi connectivity index (χ0n) is 11.2. The largest absolute Gasteiger partial charge is 0.536 e. The van der Waals surface area contributed by atoms with E-state index >= 15 is 0 Å². The van der Waals surface area contributed by atoms with Crippen LogP contribution in [-0.2, 0) is 13.3 Å². The Bertz CT molecular complexity index is 272. The van der Waals surface area contributed by atoms with Crippen molar-refractivity contribution in [2.24, 2.45) is 0 Å². The molecule has 0 aliphatic rings. The fourth-order valence-electron chi connectivity index (χ4n) is 1.30. The van der Waals surface area contributed by atoms with Crippen LogP contribution >= 0.6 is 0 Å². The number of hydrogen-bond donors (Lipinski definition) is 1. The van der Waals surface area contributed by atoms with Gasteiger partial charge in [0.05, 0.1) is 0 Å². The van der Waals surface area contributed by atoms with Crippen molar-refractivity contribution in [1.82, 2.24) is 0 Å². The SMILES string of the molecule is C=C(C=CC(C)=N)[Si](OCC)(OCC)OCC. The van der Waals surface area contributed by atoms with E-state index in [1.807, 2.05) is 20.8 Å². The van der Waals surface area contributed by atoms with Gasteiger partial charge in [0.1, 0.15) is 0 Å². The van der Waals surface area contributed by atoms with Crippen molar-refractivity contribution in [2.75, 3.05) is 19.8 Å². The average Bonchev–Trinajstić information content (AvgIpc) is 2.26. The van der Waals surface area contributed by atoms with Crippen molar-refractivity contribution in [2.45, 2.75) is 27.7 Å². The van der Waals surface area contributed by atoms with Gasteiger partial charge in [-0.05, 0) is 33.8 Å². The lowest BCUT2D eigenvalue weighted by Crippen LogP contribution is -2.47. The highest BCUT2D eigenvalue weighted by molar-refractivity contribution is 6.69. The average molecular weight is 257 g/mol. The van der Waals surface area contributed by atoms with Crippen LogP contribution in [0.1, 0.15) is 27.7 Å². The van der Waals surface area contributed by atoms with E-state index in [0.29, 0.717) is 30.7 Å². The molecule has 4 nitrogen and oxygen atoms in total. The smallest absolute Gasteiger partial charge is 0.370 e. The first kappa shape index (κ1) is 16.2. The molecule has 0 spiro atoms. The molecule has 0 fully saturated rings. The van der Waals surface area contributed by atoms with Gasteiger partial charge in [-0.2, -0.15) is 0 Å². The van der Waals surface area contributed by atoms with Gasteiger partial charge >= 0.3 is 8.80 Å². The van der Waals surface area contributed by atoms with Crippen molar-refractivity contribution >= 4 is 14.5 Å². The molecule has 0 aromatic carbocycles. The van der Waals surface area contributed by atoms with Gasteiger partial charge in [-0.3, -0.25) is 0 Å². The van der Waals surface area contributed by atoms with E-state index in [-0.39, 0.29) is 0 Å². The lowest BCUT2D eigenvalue weighted by molar-refractivity contribution is 0.0819. The maximum atomic E-state index is 7.36. The van der Waals surface area contributed by atoms with Gasteiger partial charge in [0, 0.05) is 30.7 Å². The van der Waals surface area contributed by atoms with Crippen LogP contribution in [0.3, 0.4) is 0 Å². The Labute approximate surface area is 105 Å². The maximum Gasteiger partial charge on any atom is 0.536 e. The van der Waals surface area contributed by atoms with Gasteiger partial charge < -0.3 is 18.7 Å². The second-order valence-electron chi connectivity index (χ2n) is 3.40. The molecule has 0 aliphatic carbocycles. The third-order valence-corrected chi connectivity index (χ3v) is 4.89. The van der Waals surface area contributed by atoms with Gasteiger partial charge in [-0.25, -0.2) is 0 Å². The lowest BCUT2D eigenvalue weighted by Gasteiger charge is -2.28. The molecule has 0 aliphatic heterocycles. The van der Waals surface area contributed by atoms with Crippen molar-refractivity contribution in [3.63, 3.8) is 0 Å². The summed E-state index contributed by atoms with van der Waals surface area (Å²) in [7, 11) is -2.84. The van der Waals surface area contributed by atoms with E-state index in [2.05, 4.69) is 6.58 Å². The Kier molecular flexibility index (Phi) is 7.98. The third kappa shape index (κ3) is 5.41. The summed E-state index contributed by atoms with van der Waals surface area (Å²) in [4.78, 5) is 0. The minimum absolute atomic E-state index is 0.457. The van der Waals surface area contributed by atoms with Gasteiger partial charge in [0.25, 0.3) is 0 Å². The first-order valence-corrected chi connectivity index (χ1v) is 7.59. The summed E-state index contributed by atoms with van der Waals surface area (Å²) in [5.41, 5.74) is 0.457. The molecule has 0 saturated heterocycles. The predicted molar refractivity (Wildman–Crippen MR) is 72.3 cm³/mol. The predicted octanol–water partition coefficient (Wildman–Crippen LogP) is 2.73. The molecule has 0 atom stereocenters. The van der Waals surface area contributed by atoms with Crippen LogP contribution in [0.15, 0.2) is 23.9 Å². The fraction of sp³-hybridized carbons (Fsp3) is 0.583. The highest BCUT2D eigenvalue weighted by Crippen LogP contribution is 2.20. The Morgan fingerprint density at radius 1 is 1.06 bits per heavy atom. The summed E-state index contributed by atoms with van der Waals surface area (Å²) in [5, 5.41) is 8.05. The topological polar surface area (TPSA) is 51.5 Å². The number of hydrogen-bond acceptors (Lipinski definition) is 4. The normalized spacial score (nSPS) is 12.0. The van der Waals surface area contributed by atoms with Crippen LogP contribution in [0.25, 0.3) is 0 Å². The van der Waals surface area contributed by atoms with E-state index in [9.17, 15) is 0 Å². The van der Waals surface area contributed by atoms with Gasteiger partial charge in [0.2, 0.25) is 0 Å². The summed E-state index contributed by atoms with van der Waals surface area (Å²) in [6, 6.07) is 0. The summed E-state index contributed by atoms with van der Waals surface area (Å²) in [5.74, 6) is 0. The second kappa shape index (κ2) is 8.35. The van der Waals surface area contributed by atoms with E-state index in [4.69, 9.17) is 18.7 Å². The molecule has 0 aromatic heterocycles. The summed E-state index contributed by atoms with van der Waals surface area (Å²) >= 11 is 0. The van der Waals surface area contributed by atoms with Crippen LogP contribution in [0.4, 0.5) is 0 Å². The molecule has 0 amide bonds. The summed E-state index contributed by atoms with van der Waals surface area (Å²) < 4.78 is 17.0. The van der Waals surface area contributed by atoms with Crippen molar-refractivity contribution in [3.05, 3.63) is 23.9 Å². The summed E-state index contributed by atoms with van der Waals surface area (Å²) in [6.07, 6.45) is 3.41. The molecular formula is C12H23NO3Si. The van der Waals surface area contributed by atoms with Crippen molar-refractivity contribution in [1.29, 1.82) is 5.41 Å². The van der Waals surface area contributed by atoms with E-state index in [1.54, 1.807) is 19.1 Å². The molecular weight excluding hydrogens is 234 g/mol. The highest BCUT2D eigenvalue weighted by Gasteiger charge is 2.43. The molecule has 0 unspecified atom stereocenters. The highest BCUT2D eigenvalue weighted by atomic mass is 28.4. The first-order valence-electron chi connectivity index (χ1n) is 5.86. The number of nitrogens with one attached hydrogen (secondary N) is 1. The second-order valence-corrected chi connectivity index (χ2v) is 6.02. The van der Waals surface area contributed by atoms with Crippen molar-refractivity contribution in [3.8, 4) is 0 Å². The zero-order valence-corrected chi connectivity index (χ0v) is 12.2. The van der Waals surface area contributed by atoms with Crippen LogP contribution in [0, 0.1) is 5.41 Å².